The zero-order valence-corrected chi connectivity index (χ0v) is 7.79. The van der Waals surface area contributed by atoms with Gasteiger partial charge in [0.25, 0.3) is 0 Å². The minimum absolute atomic E-state index is 0.877. The summed E-state index contributed by atoms with van der Waals surface area (Å²) in [7, 11) is 0.877. The molecule has 0 aliphatic carbocycles. The summed E-state index contributed by atoms with van der Waals surface area (Å²) in [6.07, 6.45) is -3.13. The van der Waals surface area contributed by atoms with E-state index in [0.717, 1.165) is 7.11 Å². The number of aromatic hydroxyl groups is 2. The van der Waals surface area contributed by atoms with Crippen LogP contribution in [0.15, 0.2) is 18.1 Å². The predicted octanol–water partition coefficient (Wildman–Crippen LogP) is 0.141. The van der Waals surface area contributed by atoms with Gasteiger partial charge in [-0.15, -0.1) is 0 Å². The van der Waals surface area contributed by atoms with E-state index in [1.165, 1.54) is 0 Å². The number of carbonyl (C=O) groups excluding carboxylic acids is 1. The van der Waals surface area contributed by atoms with Gasteiger partial charge in [0.05, 0.1) is 12.6 Å². The molecule has 1 aromatic rings. The zero-order valence-electron chi connectivity index (χ0n) is 13.8. The van der Waals surface area contributed by atoms with Gasteiger partial charge in [0, 0.05) is 2.74 Å². The van der Waals surface area contributed by atoms with Gasteiger partial charge < -0.3 is 20.7 Å². The number of phenols is 2. The van der Waals surface area contributed by atoms with Crippen LogP contribution in [0, 0.1) is 0 Å². The van der Waals surface area contributed by atoms with E-state index in [0.29, 0.717) is 0 Å². The van der Waals surface area contributed by atoms with Gasteiger partial charge in [0.15, 0.2) is 11.5 Å². The Bertz CT molecular complexity index is 575. The molecule has 0 amide bonds. The molecule has 82 valence electrons. The van der Waals surface area contributed by atoms with Gasteiger partial charge in [0.1, 0.15) is 6.02 Å². The van der Waals surface area contributed by atoms with Crippen molar-refractivity contribution in [1.29, 1.82) is 0 Å². The van der Waals surface area contributed by atoms with E-state index >= 15 is 0 Å². The summed E-state index contributed by atoms with van der Waals surface area (Å²) >= 11 is 0. The number of methoxy groups -OCH3 is 1. The van der Waals surface area contributed by atoms with Gasteiger partial charge in [-0.1, -0.05) is 6.04 Å². The smallest absolute Gasteiger partial charge is 0.322 e. The first-order chi connectivity index (χ1) is 9.41. The summed E-state index contributed by atoms with van der Waals surface area (Å²) in [6, 6.07) is -5.98. The number of nitrogens with two attached hydrogens (primary N) is 1. The van der Waals surface area contributed by atoms with Crippen LogP contribution in [0.2, 0.25) is 0 Å². The molecule has 0 radical (unpaired) electrons. The highest BCUT2D eigenvalue weighted by Crippen LogP contribution is 2.25. The van der Waals surface area contributed by atoms with E-state index in [-0.39, 0.29) is 0 Å². The molecule has 0 bridgehead atoms. The van der Waals surface area contributed by atoms with E-state index in [2.05, 4.69) is 4.74 Å². The Morgan fingerprint density at radius 2 is 2.40 bits per heavy atom. The van der Waals surface area contributed by atoms with Crippen molar-refractivity contribution < 1.29 is 28.0 Å². The average molecular weight is 217 g/mol. The number of esters is 1. The number of ether oxygens (including phenoxy) is 1. The maximum atomic E-state index is 11.5. The first-order valence-electron chi connectivity index (χ1n) is 6.80. The molecular formula is C10H13NO4. The Kier molecular flexibility index (Phi) is 1.67. The molecule has 0 saturated carbocycles. The van der Waals surface area contributed by atoms with Crippen LogP contribution in [0.4, 0.5) is 0 Å². The van der Waals surface area contributed by atoms with Crippen molar-refractivity contribution in [3.8, 4) is 11.5 Å². The minimum atomic E-state index is -3.13. The minimum Gasteiger partial charge on any atom is -0.504 e. The van der Waals surface area contributed by atoms with E-state index in [1.807, 2.05) is 0 Å². The number of hydrogen-bond donors (Lipinski definition) is 3. The Hall–Kier alpha value is -1.75. The van der Waals surface area contributed by atoms with Crippen molar-refractivity contribution in [3.63, 3.8) is 0 Å². The summed E-state index contributed by atoms with van der Waals surface area (Å²) in [6.45, 7) is 0. The van der Waals surface area contributed by atoms with Crippen LogP contribution in [-0.2, 0) is 15.9 Å². The summed E-state index contributed by atoms with van der Waals surface area (Å²) < 4.78 is 50.0. The van der Waals surface area contributed by atoms with Crippen molar-refractivity contribution in [1.82, 2.24) is 0 Å². The van der Waals surface area contributed by atoms with E-state index in [1.54, 1.807) is 0 Å². The zero-order chi connectivity index (χ0) is 16.7. The SMILES string of the molecule is [2H]c1c([2H])c(C([2H])([2H])C([2H])(N)C(=O)OC)c([2H])c(O)c1O. The molecule has 4 N–H and O–H groups in total. The maximum Gasteiger partial charge on any atom is 0.322 e. The third kappa shape index (κ3) is 2.85. The van der Waals surface area contributed by atoms with Crippen LogP contribution in [-0.4, -0.2) is 29.3 Å². The molecule has 0 aliphatic heterocycles. The number of benzene rings is 1. The molecule has 0 aliphatic rings. The molecule has 15 heavy (non-hydrogen) atoms. The Morgan fingerprint density at radius 3 is 3.00 bits per heavy atom. The standard InChI is InChI=1S/C10H13NO4/c1-15-10(14)7(11)4-6-2-3-8(12)9(13)5-6/h2-3,5,7,12-13H,4,11H2,1H3/i2D,3D,4D2,5D,7D. The fourth-order valence-electron chi connectivity index (χ4n) is 0.748. The molecule has 0 saturated heterocycles. The highest BCUT2D eigenvalue weighted by molar-refractivity contribution is 5.75. The summed E-state index contributed by atoms with van der Waals surface area (Å²) in [4.78, 5) is 11.5. The molecule has 0 fully saturated rings. The Labute approximate surface area is 95.5 Å². The second kappa shape index (κ2) is 4.65. The summed E-state index contributed by atoms with van der Waals surface area (Å²) in [5.74, 6) is -3.68. The third-order valence-electron chi connectivity index (χ3n) is 1.44. The lowest BCUT2D eigenvalue weighted by molar-refractivity contribution is -0.142. The molecule has 1 atom stereocenters. The van der Waals surface area contributed by atoms with Gasteiger partial charge in [-0.05, 0) is 24.0 Å². The van der Waals surface area contributed by atoms with Crippen molar-refractivity contribution in [2.75, 3.05) is 7.11 Å². The quantitative estimate of drug-likeness (QED) is 0.494. The van der Waals surface area contributed by atoms with Crippen LogP contribution in [0.1, 0.15) is 13.8 Å². The molecule has 0 spiro atoms. The molecule has 1 rings (SSSR count). The predicted molar refractivity (Wildman–Crippen MR) is 53.5 cm³/mol. The Morgan fingerprint density at radius 1 is 1.73 bits per heavy atom. The van der Waals surface area contributed by atoms with Crippen molar-refractivity contribution >= 4 is 5.97 Å². The largest absolute Gasteiger partial charge is 0.504 e. The lowest BCUT2D eigenvalue weighted by Gasteiger charge is -2.09. The van der Waals surface area contributed by atoms with Gasteiger partial charge in [-0.25, -0.2) is 0 Å². The second-order valence-corrected chi connectivity index (χ2v) is 2.48. The highest BCUT2D eigenvalue weighted by atomic mass is 16.5. The third-order valence-corrected chi connectivity index (χ3v) is 1.44. The fraction of sp³-hybridized carbons (Fsp3) is 0.300. The summed E-state index contributed by atoms with van der Waals surface area (Å²) in [5, 5.41) is 18.8. The van der Waals surface area contributed by atoms with Crippen molar-refractivity contribution in [2.45, 2.75) is 12.4 Å². The fourth-order valence-corrected chi connectivity index (χ4v) is 0.748. The Balaban J connectivity index is 3.71. The second-order valence-electron chi connectivity index (χ2n) is 2.48. The van der Waals surface area contributed by atoms with Gasteiger partial charge in [-0.3, -0.25) is 4.79 Å². The lowest BCUT2D eigenvalue weighted by atomic mass is 10.1. The molecule has 0 aromatic heterocycles. The molecular weight excluding hydrogens is 198 g/mol. The molecule has 1 aromatic carbocycles. The van der Waals surface area contributed by atoms with Crippen LogP contribution in [0.5, 0.6) is 11.5 Å². The number of rotatable bonds is 3. The molecule has 0 heterocycles. The number of carbonyl (C=O) groups is 1. The normalized spacial score (nSPS) is 20.9. The average Bonchev–Trinajstić information content (AvgIpc) is 2.41. The monoisotopic (exact) mass is 217 g/mol. The van der Waals surface area contributed by atoms with Gasteiger partial charge >= 0.3 is 5.97 Å². The summed E-state index contributed by atoms with van der Waals surface area (Å²) in [5.41, 5.74) is 4.33. The van der Waals surface area contributed by atoms with E-state index < -0.39 is 53.5 Å². The van der Waals surface area contributed by atoms with Crippen LogP contribution in [0.25, 0.3) is 0 Å². The van der Waals surface area contributed by atoms with Crippen molar-refractivity contribution in [3.05, 3.63) is 23.7 Å². The topological polar surface area (TPSA) is 92.8 Å². The van der Waals surface area contributed by atoms with Crippen molar-refractivity contribution in [2.24, 2.45) is 5.73 Å². The lowest BCUT2D eigenvalue weighted by Crippen LogP contribution is -2.33. The van der Waals surface area contributed by atoms with Crippen LogP contribution < -0.4 is 5.73 Å². The number of hydrogen-bond acceptors (Lipinski definition) is 5. The first-order valence-corrected chi connectivity index (χ1v) is 3.80. The highest BCUT2D eigenvalue weighted by Gasteiger charge is 2.14. The molecule has 5 heteroatoms. The van der Waals surface area contributed by atoms with E-state index in [9.17, 15) is 15.0 Å². The van der Waals surface area contributed by atoms with Gasteiger partial charge in [-0.2, -0.15) is 0 Å². The van der Waals surface area contributed by atoms with Gasteiger partial charge in [0.2, 0.25) is 0 Å². The first kappa shape index (κ1) is 5.37. The molecule has 5 nitrogen and oxygen atoms in total. The van der Waals surface area contributed by atoms with Crippen LogP contribution >= 0.6 is 0 Å². The maximum absolute atomic E-state index is 11.5. The number of phenolic OH excluding ortho intramolecular Hbond substituents is 2. The van der Waals surface area contributed by atoms with Crippen LogP contribution in [0.3, 0.4) is 0 Å². The molecule has 1 unspecified atom stereocenters. The van der Waals surface area contributed by atoms with E-state index in [4.69, 9.17) is 14.0 Å².